The first-order valence-corrected chi connectivity index (χ1v) is 10.6. The normalized spacial score (nSPS) is 19.1. The molecule has 26 heavy (non-hydrogen) atoms. The Balaban J connectivity index is 2.17. The molecule has 0 radical (unpaired) electrons. The molecule has 2 rings (SSSR count). The molecule has 1 aromatic carbocycles. The highest BCUT2D eigenvalue weighted by Crippen LogP contribution is 2.26. The third kappa shape index (κ3) is 4.82. The lowest BCUT2D eigenvalue weighted by atomic mass is 9.97. The number of benzene rings is 1. The van der Waals surface area contributed by atoms with Gasteiger partial charge in [0.05, 0.1) is 10.8 Å². The van der Waals surface area contributed by atoms with Crippen LogP contribution in [0.25, 0.3) is 0 Å². The van der Waals surface area contributed by atoms with Gasteiger partial charge in [-0.1, -0.05) is 13.8 Å². The van der Waals surface area contributed by atoms with E-state index in [9.17, 15) is 17.6 Å². The van der Waals surface area contributed by atoms with Crippen LogP contribution >= 0.6 is 0 Å². The average molecular weight is 385 g/mol. The summed E-state index contributed by atoms with van der Waals surface area (Å²) in [5.74, 6) is -0.436. The van der Waals surface area contributed by atoms with Crippen LogP contribution in [0.3, 0.4) is 0 Å². The summed E-state index contributed by atoms with van der Waals surface area (Å²) in [5.41, 5.74) is 0. The van der Waals surface area contributed by atoms with E-state index in [1.165, 1.54) is 16.4 Å². The maximum Gasteiger partial charge on any atom is 0.243 e. The van der Waals surface area contributed by atoms with Gasteiger partial charge in [-0.05, 0) is 56.9 Å². The summed E-state index contributed by atoms with van der Waals surface area (Å²) in [4.78, 5) is 14.9. The van der Waals surface area contributed by atoms with E-state index in [2.05, 4.69) is 13.8 Å². The molecule has 1 atom stereocenters. The van der Waals surface area contributed by atoms with Crippen molar-refractivity contribution in [3.63, 3.8) is 0 Å². The van der Waals surface area contributed by atoms with E-state index in [-0.39, 0.29) is 29.3 Å². The van der Waals surface area contributed by atoms with Gasteiger partial charge in [-0.15, -0.1) is 0 Å². The maximum absolute atomic E-state index is 13.1. The molecular weight excluding hydrogens is 355 g/mol. The summed E-state index contributed by atoms with van der Waals surface area (Å²) >= 11 is 0. The Morgan fingerprint density at radius 3 is 2.38 bits per heavy atom. The lowest BCUT2D eigenvalue weighted by Crippen LogP contribution is -2.49. The summed E-state index contributed by atoms with van der Waals surface area (Å²) in [7, 11) is -3.72. The van der Waals surface area contributed by atoms with Crippen LogP contribution in [-0.2, 0) is 14.8 Å². The van der Waals surface area contributed by atoms with Crippen molar-refractivity contribution in [2.75, 3.05) is 19.6 Å². The highest BCUT2D eigenvalue weighted by molar-refractivity contribution is 7.89. The fourth-order valence-corrected chi connectivity index (χ4v) is 4.82. The largest absolute Gasteiger partial charge is 0.340 e. The monoisotopic (exact) mass is 384 g/mol. The van der Waals surface area contributed by atoms with Crippen molar-refractivity contribution in [3.8, 4) is 0 Å². The third-order valence-electron chi connectivity index (χ3n) is 4.65. The molecule has 146 valence electrons. The van der Waals surface area contributed by atoms with Gasteiger partial charge in [-0.25, -0.2) is 12.8 Å². The molecule has 0 aromatic heterocycles. The second-order valence-corrected chi connectivity index (χ2v) is 9.57. The van der Waals surface area contributed by atoms with Gasteiger partial charge >= 0.3 is 0 Å². The lowest BCUT2D eigenvalue weighted by molar-refractivity contribution is -0.139. The Labute approximate surface area is 156 Å². The first kappa shape index (κ1) is 20.8. The van der Waals surface area contributed by atoms with Crippen molar-refractivity contribution in [3.05, 3.63) is 30.1 Å². The molecule has 7 heteroatoms. The van der Waals surface area contributed by atoms with Crippen LogP contribution in [0, 0.1) is 17.7 Å². The van der Waals surface area contributed by atoms with Crippen LogP contribution < -0.4 is 0 Å². The number of piperidine rings is 1. The minimum atomic E-state index is -3.72. The number of hydrogen-bond donors (Lipinski definition) is 0. The first-order valence-electron chi connectivity index (χ1n) is 9.19. The smallest absolute Gasteiger partial charge is 0.243 e. The fraction of sp³-hybridized carbons (Fsp3) is 0.632. The van der Waals surface area contributed by atoms with Crippen LogP contribution in [0.15, 0.2) is 29.2 Å². The molecule has 1 fully saturated rings. The second kappa shape index (κ2) is 8.48. The van der Waals surface area contributed by atoms with Gasteiger partial charge in [0.1, 0.15) is 5.82 Å². The van der Waals surface area contributed by atoms with Crippen molar-refractivity contribution in [2.45, 2.75) is 51.5 Å². The highest BCUT2D eigenvalue weighted by atomic mass is 32.2. The van der Waals surface area contributed by atoms with Crippen LogP contribution in [0.1, 0.15) is 40.5 Å². The van der Waals surface area contributed by atoms with Gasteiger partial charge < -0.3 is 4.90 Å². The molecule has 0 aliphatic carbocycles. The summed E-state index contributed by atoms with van der Waals surface area (Å²) in [6, 6.07) is 4.91. The van der Waals surface area contributed by atoms with Gasteiger partial charge in [0, 0.05) is 25.7 Å². The number of sulfonamides is 1. The predicted octanol–water partition coefficient (Wildman–Crippen LogP) is 3.12. The second-order valence-electron chi connectivity index (χ2n) is 7.63. The van der Waals surface area contributed by atoms with Crippen molar-refractivity contribution in [1.29, 1.82) is 0 Å². The molecule has 1 aliphatic heterocycles. The van der Waals surface area contributed by atoms with E-state index < -0.39 is 15.8 Å². The molecule has 0 bridgehead atoms. The van der Waals surface area contributed by atoms with Crippen LogP contribution in [0.5, 0.6) is 0 Å². The Morgan fingerprint density at radius 1 is 1.23 bits per heavy atom. The molecule has 1 amide bonds. The fourth-order valence-electron chi connectivity index (χ4n) is 3.30. The molecular formula is C19H29FN2O3S. The van der Waals surface area contributed by atoms with Crippen molar-refractivity contribution < 1.29 is 17.6 Å². The van der Waals surface area contributed by atoms with Gasteiger partial charge in [0.25, 0.3) is 0 Å². The zero-order valence-electron chi connectivity index (χ0n) is 16.0. The topological polar surface area (TPSA) is 57.7 Å². The summed E-state index contributed by atoms with van der Waals surface area (Å²) in [6.07, 6.45) is 1.33. The van der Waals surface area contributed by atoms with E-state index in [1.807, 2.05) is 18.7 Å². The number of carbonyl (C=O) groups is 1. The van der Waals surface area contributed by atoms with Crippen molar-refractivity contribution in [2.24, 2.45) is 11.8 Å². The molecule has 1 saturated heterocycles. The lowest BCUT2D eigenvalue weighted by Gasteiger charge is -2.36. The summed E-state index contributed by atoms with van der Waals surface area (Å²) in [6.45, 7) is 9.32. The zero-order valence-corrected chi connectivity index (χ0v) is 16.8. The quantitative estimate of drug-likeness (QED) is 0.757. The van der Waals surface area contributed by atoms with Gasteiger partial charge in [-0.3, -0.25) is 4.79 Å². The summed E-state index contributed by atoms with van der Waals surface area (Å²) < 4.78 is 40.1. The molecule has 1 aliphatic rings. The predicted molar refractivity (Wildman–Crippen MR) is 99.6 cm³/mol. The molecule has 1 unspecified atom stereocenters. The van der Waals surface area contributed by atoms with E-state index in [0.29, 0.717) is 31.8 Å². The Bertz CT molecular complexity index is 717. The number of carbonyl (C=O) groups excluding carboxylic acids is 1. The van der Waals surface area contributed by atoms with Gasteiger partial charge in [-0.2, -0.15) is 4.31 Å². The van der Waals surface area contributed by atoms with Gasteiger partial charge in [0.2, 0.25) is 15.9 Å². The standard InChI is InChI=1S/C19H29FN2O3S/c1-14(2)12-22(15(3)4)19(23)16-6-5-11-21(13-16)26(24,25)18-9-7-17(20)8-10-18/h7-10,14-16H,5-6,11-13H2,1-4H3. The Kier molecular flexibility index (Phi) is 6.80. The SMILES string of the molecule is CC(C)CN(C(=O)C1CCCN(S(=O)(=O)c2ccc(F)cc2)C1)C(C)C. The summed E-state index contributed by atoms with van der Waals surface area (Å²) in [5, 5.41) is 0. The Hall–Kier alpha value is -1.47. The number of rotatable bonds is 6. The minimum Gasteiger partial charge on any atom is -0.340 e. The van der Waals surface area contributed by atoms with E-state index in [0.717, 1.165) is 12.1 Å². The number of halogens is 1. The van der Waals surface area contributed by atoms with E-state index >= 15 is 0 Å². The maximum atomic E-state index is 13.1. The molecule has 5 nitrogen and oxygen atoms in total. The molecule has 0 spiro atoms. The van der Waals surface area contributed by atoms with Crippen molar-refractivity contribution in [1.82, 2.24) is 9.21 Å². The molecule has 0 N–H and O–H groups in total. The number of nitrogens with zero attached hydrogens (tertiary/aromatic N) is 2. The van der Waals surface area contributed by atoms with Crippen LogP contribution in [-0.4, -0.2) is 49.2 Å². The number of amides is 1. The van der Waals surface area contributed by atoms with E-state index in [4.69, 9.17) is 0 Å². The average Bonchev–Trinajstić information content (AvgIpc) is 2.59. The zero-order chi connectivity index (χ0) is 19.5. The van der Waals surface area contributed by atoms with Gasteiger partial charge in [0.15, 0.2) is 0 Å². The first-order chi connectivity index (χ1) is 12.1. The molecule has 1 aromatic rings. The minimum absolute atomic E-state index is 0.0210. The highest BCUT2D eigenvalue weighted by Gasteiger charge is 2.35. The Morgan fingerprint density at radius 2 is 1.85 bits per heavy atom. The molecule has 1 heterocycles. The van der Waals surface area contributed by atoms with E-state index in [1.54, 1.807) is 0 Å². The number of hydrogen-bond acceptors (Lipinski definition) is 3. The van der Waals surface area contributed by atoms with Crippen LogP contribution in [0.2, 0.25) is 0 Å². The van der Waals surface area contributed by atoms with Crippen molar-refractivity contribution >= 4 is 15.9 Å². The third-order valence-corrected chi connectivity index (χ3v) is 6.53. The van der Waals surface area contributed by atoms with Crippen LogP contribution in [0.4, 0.5) is 4.39 Å². The molecule has 0 saturated carbocycles.